The van der Waals surface area contributed by atoms with Gasteiger partial charge < -0.3 is 20.4 Å². The highest BCUT2D eigenvalue weighted by Crippen LogP contribution is 2.21. The Labute approximate surface area is 244 Å². The normalized spacial score (nSPS) is 17.7. The number of hydrogen-bond acceptors (Lipinski definition) is 6. The number of nitrogens with zero attached hydrogens (tertiary/aromatic N) is 4. The minimum atomic E-state index is -0.533. The fourth-order valence-electron chi connectivity index (χ4n) is 5.29. The molecule has 2 fully saturated rings. The molecule has 3 aromatic rings. The molecule has 214 valence electrons. The first-order chi connectivity index (χ1) is 20.4. The van der Waals surface area contributed by atoms with E-state index in [-0.39, 0.29) is 30.0 Å². The summed E-state index contributed by atoms with van der Waals surface area (Å²) in [5.74, 6) is 5.89. The van der Waals surface area contributed by atoms with Crippen LogP contribution < -0.4 is 10.6 Å². The van der Waals surface area contributed by atoms with Crippen LogP contribution in [0.1, 0.15) is 49.3 Å². The minimum absolute atomic E-state index is 0.0900. The van der Waals surface area contributed by atoms with Crippen molar-refractivity contribution in [1.82, 2.24) is 19.8 Å². The summed E-state index contributed by atoms with van der Waals surface area (Å²) >= 11 is 0. The number of amides is 4. The summed E-state index contributed by atoms with van der Waals surface area (Å²) in [5, 5.41) is 5.71. The van der Waals surface area contributed by atoms with Crippen molar-refractivity contribution in [2.24, 2.45) is 0 Å². The predicted molar refractivity (Wildman–Crippen MR) is 157 cm³/mol. The molecular weight excluding hydrogens is 532 g/mol. The summed E-state index contributed by atoms with van der Waals surface area (Å²) in [6.45, 7) is 2.64. The van der Waals surface area contributed by atoms with E-state index in [1.54, 1.807) is 58.7 Å². The molecule has 0 bridgehead atoms. The molecule has 4 amide bonds. The molecule has 0 unspecified atom stereocenters. The topological polar surface area (TPSA) is 125 Å². The Kier molecular flexibility index (Phi) is 8.87. The Morgan fingerprint density at radius 2 is 1.50 bits per heavy atom. The predicted octanol–water partition coefficient (Wildman–Crippen LogP) is 3.00. The molecule has 2 saturated heterocycles. The molecule has 2 aromatic heterocycles. The van der Waals surface area contributed by atoms with Crippen molar-refractivity contribution in [3.05, 3.63) is 83.8 Å². The van der Waals surface area contributed by atoms with Crippen LogP contribution in [0.4, 0.5) is 11.5 Å². The molecule has 2 aliphatic heterocycles. The van der Waals surface area contributed by atoms with Gasteiger partial charge in [0, 0.05) is 55.4 Å². The number of aromatic nitrogens is 2. The smallest absolute Gasteiger partial charge is 0.248 e. The second-order valence-electron chi connectivity index (χ2n) is 10.4. The lowest BCUT2D eigenvalue weighted by atomic mass is 10.1. The highest BCUT2D eigenvalue weighted by Gasteiger charge is 2.34. The van der Waals surface area contributed by atoms with Crippen molar-refractivity contribution in [3.8, 4) is 11.8 Å². The molecule has 2 atom stereocenters. The summed E-state index contributed by atoms with van der Waals surface area (Å²) in [5.41, 5.74) is 2.89. The lowest BCUT2D eigenvalue weighted by Gasteiger charge is -2.23. The van der Waals surface area contributed by atoms with Crippen molar-refractivity contribution in [2.75, 3.05) is 23.7 Å². The van der Waals surface area contributed by atoms with Gasteiger partial charge in [0.25, 0.3) is 0 Å². The number of rotatable bonds is 6. The van der Waals surface area contributed by atoms with E-state index in [0.29, 0.717) is 43.0 Å². The molecule has 10 heteroatoms. The van der Waals surface area contributed by atoms with Crippen LogP contribution in [0.15, 0.2) is 67.1 Å². The Bertz CT molecular complexity index is 1510. The average Bonchev–Trinajstić information content (AvgIpc) is 3.69. The zero-order valence-electron chi connectivity index (χ0n) is 23.4. The maximum absolute atomic E-state index is 13.0. The van der Waals surface area contributed by atoms with Crippen molar-refractivity contribution in [2.45, 2.75) is 51.1 Å². The Balaban J connectivity index is 1.14. The fourth-order valence-corrected chi connectivity index (χ4v) is 5.29. The zero-order chi connectivity index (χ0) is 29.5. The van der Waals surface area contributed by atoms with E-state index in [1.165, 1.54) is 6.92 Å². The monoisotopic (exact) mass is 564 g/mol. The number of carbonyl (C=O) groups is 4. The summed E-state index contributed by atoms with van der Waals surface area (Å²) in [6.07, 6.45) is 7.97. The maximum Gasteiger partial charge on any atom is 0.248 e. The van der Waals surface area contributed by atoms with Crippen LogP contribution >= 0.6 is 0 Å². The minimum Gasteiger partial charge on any atom is -0.331 e. The highest BCUT2D eigenvalue weighted by molar-refractivity contribution is 5.98. The number of carbonyl (C=O) groups excluding carboxylic acids is 4. The first-order valence-electron chi connectivity index (χ1n) is 14.0. The van der Waals surface area contributed by atoms with E-state index in [4.69, 9.17) is 0 Å². The van der Waals surface area contributed by atoms with Gasteiger partial charge in [-0.05, 0) is 73.7 Å². The van der Waals surface area contributed by atoms with Gasteiger partial charge in [-0.3, -0.25) is 24.2 Å². The molecule has 10 nitrogen and oxygen atoms in total. The zero-order valence-corrected chi connectivity index (χ0v) is 23.4. The van der Waals surface area contributed by atoms with E-state index in [0.717, 1.165) is 24.0 Å². The van der Waals surface area contributed by atoms with Gasteiger partial charge in [-0.1, -0.05) is 17.9 Å². The quantitative estimate of drug-likeness (QED) is 0.444. The summed E-state index contributed by atoms with van der Waals surface area (Å²) < 4.78 is 0. The third-order valence-electron chi connectivity index (χ3n) is 7.43. The molecule has 4 heterocycles. The van der Waals surface area contributed by atoms with Crippen LogP contribution in [0.5, 0.6) is 0 Å². The average molecular weight is 565 g/mol. The van der Waals surface area contributed by atoms with Crippen LogP contribution in [0.2, 0.25) is 0 Å². The summed E-state index contributed by atoms with van der Waals surface area (Å²) in [4.78, 5) is 61.8. The molecule has 0 spiro atoms. The first kappa shape index (κ1) is 28.5. The molecule has 2 aliphatic rings. The third-order valence-corrected chi connectivity index (χ3v) is 7.43. The molecule has 0 saturated carbocycles. The molecular formula is C32H32N6O4. The molecule has 5 rings (SSSR count). The first-order valence-corrected chi connectivity index (χ1v) is 14.0. The van der Waals surface area contributed by atoms with Crippen LogP contribution in [-0.2, 0) is 25.6 Å². The van der Waals surface area contributed by atoms with Gasteiger partial charge in [0.1, 0.15) is 17.9 Å². The lowest BCUT2D eigenvalue weighted by Crippen LogP contribution is -2.43. The highest BCUT2D eigenvalue weighted by atomic mass is 16.2. The second-order valence-corrected chi connectivity index (χ2v) is 10.4. The Morgan fingerprint density at radius 3 is 2.17 bits per heavy atom. The van der Waals surface area contributed by atoms with Gasteiger partial charge in [0.2, 0.25) is 23.6 Å². The molecule has 0 radical (unpaired) electrons. The van der Waals surface area contributed by atoms with Crippen molar-refractivity contribution < 1.29 is 19.2 Å². The number of pyridine rings is 2. The standard InChI is InChI=1S/C32H32N6O4/c1-22(39)37-17-3-6-27(37)31(41)35-26-13-10-23(11-14-26)8-9-24-12-15-29(34-21-24)36-32(42)28-7-4-18-38(28)30(40)19-25-5-2-16-33-20-25/h2,5,10-16,20-21,27-28H,3-4,6-7,17-19H2,1H3,(H,35,41)(H,34,36,42)/t27-,28-/m0/s1. The molecule has 2 N–H and O–H groups in total. The van der Waals surface area contributed by atoms with E-state index in [9.17, 15) is 19.2 Å². The fraction of sp³-hybridized carbons (Fsp3) is 0.312. The third kappa shape index (κ3) is 6.99. The number of benzene rings is 1. The molecule has 42 heavy (non-hydrogen) atoms. The van der Waals surface area contributed by atoms with E-state index in [1.807, 2.05) is 18.2 Å². The van der Waals surface area contributed by atoms with Crippen LogP contribution in [0, 0.1) is 11.8 Å². The summed E-state index contributed by atoms with van der Waals surface area (Å²) in [6, 6.07) is 13.3. The summed E-state index contributed by atoms with van der Waals surface area (Å²) in [7, 11) is 0. The van der Waals surface area contributed by atoms with E-state index in [2.05, 4.69) is 32.4 Å². The lowest BCUT2D eigenvalue weighted by molar-refractivity contribution is -0.136. The van der Waals surface area contributed by atoms with Gasteiger partial charge >= 0.3 is 0 Å². The van der Waals surface area contributed by atoms with Gasteiger partial charge in [-0.2, -0.15) is 0 Å². The Morgan fingerprint density at radius 1 is 0.833 bits per heavy atom. The van der Waals surface area contributed by atoms with Crippen molar-refractivity contribution >= 4 is 35.1 Å². The van der Waals surface area contributed by atoms with Crippen LogP contribution in [0.25, 0.3) is 0 Å². The van der Waals surface area contributed by atoms with Gasteiger partial charge in [0.05, 0.1) is 6.42 Å². The number of nitrogens with one attached hydrogen (secondary N) is 2. The van der Waals surface area contributed by atoms with Gasteiger partial charge in [0.15, 0.2) is 0 Å². The molecule has 1 aromatic carbocycles. The van der Waals surface area contributed by atoms with E-state index < -0.39 is 12.1 Å². The van der Waals surface area contributed by atoms with Gasteiger partial charge in [-0.15, -0.1) is 0 Å². The number of likely N-dealkylation sites (tertiary alicyclic amines) is 2. The van der Waals surface area contributed by atoms with Crippen LogP contribution in [0.3, 0.4) is 0 Å². The van der Waals surface area contributed by atoms with Crippen molar-refractivity contribution in [3.63, 3.8) is 0 Å². The second kappa shape index (κ2) is 13.1. The maximum atomic E-state index is 13.0. The van der Waals surface area contributed by atoms with E-state index >= 15 is 0 Å². The SMILES string of the molecule is CC(=O)N1CCC[C@H]1C(=O)Nc1ccc(C#Cc2ccc(NC(=O)[C@@H]3CCCN3C(=O)Cc3cccnc3)nc2)cc1. The van der Waals surface area contributed by atoms with Gasteiger partial charge in [-0.25, -0.2) is 4.98 Å². The number of anilines is 2. The van der Waals surface area contributed by atoms with Crippen molar-refractivity contribution in [1.29, 1.82) is 0 Å². The molecule has 0 aliphatic carbocycles. The van der Waals surface area contributed by atoms with Crippen LogP contribution in [-0.4, -0.2) is 68.6 Å². The largest absolute Gasteiger partial charge is 0.331 e. The Hall–Kier alpha value is -5.04. The number of hydrogen-bond donors (Lipinski definition) is 2.